The second-order valence-electron chi connectivity index (χ2n) is 10.9. The molecule has 0 spiro atoms. The Balaban J connectivity index is 1.12. The molecule has 3 aliphatic rings. The van der Waals surface area contributed by atoms with Gasteiger partial charge in [0.05, 0.1) is 41.2 Å². The summed E-state index contributed by atoms with van der Waals surface area (Å²) < 4.78 is 13.8. The van der Waals surface area contributed by atoms with E-state index in [-0.39, 0.29) is 0 Å². The quantitative estimate of drug-likeness (QED) is 0.569. The number of pyridine rings is 2. The average Bonchev–Trinajstić information content (AvgIpc) is 3.14. The van der Waals surface area contributed by atoms with E-state index >= 15 is 0 Å². The molecule has 2 aromatic heterocycles. The minimum absolute atomic E-state index is 0.343. The molecule has 8 nitrogen and oxygen atoms in total. The normalized spacial score (nSPS) is 26.8. The summed E-state index contributed by atoms with van der Waals surface area (Å²) in [6.07, 6.45) is 3.74. The number of halogens is 1. The lowest BCUT2D eigenvalue weighted by atomic mass is 10.0. The molecule has 2 N–H and O–H groups in total. The zero-order valence-corrected chi connectivity index (χ0v) is 21.9. The summed E-state index contributed by atoms with van der Waals surface area (Å²) in [6.45, 7) is 9.01. The number of rotatable bonds is 4. The molecule has 0 bridgehead atoms. The Morgan fingerprint density at radius 2 is 1.92 bits per heavy atom. The van der Waals surface area contributed by atoms with Crippen molar-refractivity contribution in [3.8, 4) is 6.07 Å². The third kappa shape index (κ3) is 4.80. The molecular weight excluding hydrogens is 479 g/mol. The molecule has 3 fully saturated rings. The average molecular weight is 515 g/mol. The van der Waals surface area contributed by atoms with Crippen molar-refractivity contribution in [2.45, 2.75) is 44.2 Å². The maximum atomic E-state index is 13.8. The lowest BCUT2D eigenvalue weighted by molar-refractivity contribution is 0.127. The van der Waals surface area contributed by atoms with E-state index in [2.05, 4.69) is 50.9 Å². The van der Waals surface area contributed by atoms with Gasteiger partial charge in [-0.05, 0) is 49.7 Å². The summed E-state index contributed by atoms with van der Waals surface area (Å²) in [5.74, 6) is 0. The number of nitriles is 1. The van der Waals surface area contributed by atoms with Crippen LogP contribution in [0.25, 0.3) is 10.9 Å². The highest BCUT2D eigenvalue weighted by Gasteiger charge is 2.35. The fourth-order valence-electron chi connectivity index (χ4n) is 6.38. The summed E-state index contributed by atoms with van der Waals surface area (Å²) in [4.78, 5) is 18.8. The predicted molar refractivity (Wildman–Crippen MR) is 148 cm³/mol. The number of hydrogen-bond donors (Lipinski definition) is 1. The molecule has 0 amide bonds. The second kappa shape index (κ2) is 10.4. The number of hydrogen-bond acceptors (Lipinski definition) is 8. The maximum Gasteiger partial charge on any atom is 0.134 e. The Morgan fingerprint density at radius 1 is 1.03 bits per heavy atom. The molecular formula is C29H35FN8. The van der Waals surface area contributed by atoms with Crippen LogP contribution in [0, 0.1) is 11.3 Å². The molecule has 0 aliphatic carbocycles. The number of fused-ring (bicyclic) bond motifs is 2. The minimum atomic E-state index is -0.976. The van der Waals surface area contributed by atoms with Gasteiger partial charge in [0.15, 0.2) is 0 Å². The monoisotopic (exact) mass is 514 g/mol. The van der Waals surface area contributed by atoms with Crippen LogP contribution in [-0.4, -0.2) is 89.9 Å². The Hall–Kier alpha value is -3.32. The predicted octanol–water partition coefficient (Wildman–Crippen LogP) is 2.77. The highest BCUT2D eigenvalue weighted by atomic mass is 19.1. The Bertz CT molecular complexity index is 1310. The molecule has 198 valence electrons. The van der Waals surface area contributed by atoms with Gasteiger partial charge in [0.25, 0.3) is 0 Å². The van der Waals surface area contributed by atoms with Crippen molar-refractivity contribution in [1.82, 2.24) is 19.8 Å². The van der Waals surface area contributed by atoms with E-state index in [0.717, 1.165) is 68.0 Å². The summed E-state index contributed by atoms with van der Waals surface area (Å²) >= 11 is 0. The summed E-state index contributed by atoms with van der Waals surface area (Å²) in [5.41, 5.74) is 10.4. The number of aromatic nitrogens is 2. The molecule has 0 radical (unpaired) electrons. The molecule has 3 aromatic rings. The largest absolute Gasteiger partial charge is 0.368 e. The van der Waals surface area contributed by atoms with Crippen LogP contribution in [0.1, 0.15) is 24.6 Å². The van der Waals surface area contributed by atoms with Gasteiger partial charge < -0.3 is 15.5 Å². The van der Waals surface area contributed by atoms with Crippen LogP contribution in [0.4, 0.5) is 15.8 Å². The Morgan fingerprint density at radius 3 is 2.68 bits per heavy atom. The van der Waals surface area contributed by atoms with E-state index in [0.29, 0.717) is 30.7 Å². The highest BCUT2D eigenvalue weighted by molar-refractivity contribution is 5.95. The third-order valence-electron chi connectivity index (χ3n) is 8.46. The molecule has 38 heavy (non-hydrogen) atoms. The Labute approximate surface area is 223 Å². The molecule has 9 heteroatoms. The topological polar surface area (TPSA) is 88.5 Å². The first-order valence-electron chi connectivity index (χ1n) is 13.6. The van der Waals surface area contributed by atoms with Gasteiger partial charge in [0, 0.05) is 75.2 Å². The SMILES string of the molecule is C[C@@H]1CN(c2ccc(C#N)c3ncccc23)C[C@@H]2CCN(Cc3ccc(N4C[C@@H](N)[C@@H](F)C4)cn3)CCN21. The van der Waals surface area contributed by atoms with Crippen LogP contribution >= 0.6 is 0 Å². The number of anilines is 2. The number of piperazine rings is 1. The van der Waals surface area contributed by atoms with Crippen LogP contribution in [0.15, 0.2) is 48.8 Å². The maximum absolute atomic E-state index is 13.8. The second-order valence-corrected chi connectivity index (χ2v) is 10.9. The molecule has 0 saturated carbocycles. The molecule has 5 heterocycles. The summed E-state index contributed by atoms with van der Waals surface area (Å²) in [5, 5.41) is 10.6. The number of benzene rings is 1. The molecule has 4 atom stereocenters. The molecule has 3 saturated heterocycles. The smallest absolute Gasteiger partial charge is 0.134 e. The number of alkyl halides is 1. The van der Waals surface area contributed by atoms with Gasteiger partial charge in [-0.1, -0.05) is 0 Å². The van der Waals surface area contributed by atoms with Gasteiger partial charge >= 0.3 is 0 Å². The van der Waals surface area contributed by atoms with Gasteiger partial charge in [-0.2, -0.15) is 5.26 Å². The van der Waals surface area contributed by atoms with Crippen molar-refractivity contribution in [1.29, 1.82) is 5.26 Å². The van der Waals surface area contributed by atoms with Crippen molar-refractivity contribution >= 4 is 22.3 Å². The van der Waals surface area contributed by atoms with Gasteiger partial charge in [-0.15, -0.1) is 0 Å². The van der Waals surface area contributed by atoms with Crippen molar-refractivity contribution in [2.75, 3.05) is 55.6 Å². The van der Waals surface area contributed by atoms with Gasteiger partial charge in [0.2, 0.25) is 0 Å². The molecule has 3 aliphatic heterocycles. The Kier molecular flexibility index (Phi) is 6.87. The first-order chi connectivity index (χ1) is 18.5. The number of nitrogens with two attached hydrogens (primary N) is 1. The van der Waals surface area contributed by atoms with Crippen molar-refractivity contribution < 1.29 is 4.39 Å². The van der Waals surface area contributed by atoms with Crippen molar-refractivity contribution in [3.63, 3.8) is 0 Å². The van der Waals surface area contributed by atoms with Crippen LogP contribution in [0.5, 0.6) is 0 Å². The van der Waals surface area contributed by atoms with Gasteiger partial charge in [-0.3, -0.25) is 19.8 Å². The van der Waals surface area contributed by atoms with Crippen LogP contribution in [0.3, 0.4) is 0 Å². The van der Waals surface area contributed by atoms with Crippen molar-refractivity contribution in [2.24, 2.45) is 5.73 Å². The highest BCUT2D eigenvalue weighted by Crippen LogP contribution is 2.32. The van der Waals surface area contributed by atoms with Crippen LogP contribution < -0.4 is 15.5 Å². The lowest BCUT2D eigenvalue weighted by Gasteiger charge is -2.46. The van der Waals surface area contributed by atoms with E-state index in [9.17, 15) is 9.65 Å². The molecule has 6 rings (SSSR count). The van der Waals surface area contributed by atoms with Gasteiger partial charge in [0.1, 0.15) is 12.2 Å². The summed E-state index contributed by atoms with van der Waals surface area (Å²) in [7, 11) is 0. The standard InChI is InChI=1S/C29H35FN8/c1-20-15-37(28-7-4-21(13-31)29-25(28)3-2-9-33-29)17-24-8-10-35(11-12-38(20)24)16-22-5-6-23(14-34-22)36-18-26(30)27(32)19-36/h2-7,9,14,20,24,26-27H,8,10-12,15-19,32H2,1H3/t20-,24+,26+,27-/m1/s1. The van der Waals surface area contributed by atoms with E-state index < -0.39 is 12.2 Å². The van der Waals surface area contributed by atoms with Gasteiger partial charge in [-0.25, -0.2) is 4.39 Å². The van der Waals surface area contributed by atoms with Crippen LogP contribution in [-0.2, 0) is 6.54 Å². The zero-order chi connectivity index (χ0) is 26.2. The lowest BCUT2D eigenvalue weighted by Crippen LogP contribution is -2.58. The summed E-state index contributed by atoms with van der Waals surface area (Å²) in [6, 6.07) is 14.9. The number of nitrogens with zero attached hydrogens (tertiary/aromatic N) is 7. The molecule has 0 unspecified atom stereocenters. The van der Waals surface area contributed by atoms with E-state index in [1.165, 1.54) is 5.69 Å². The fourth-order valence-corrected chi connectivity index (χ4v) is 6.38. The van der Waals surface area contributed by atoms with Crippen LogP contribution in [0.2, 0.25) is 0 Å². The fraction of sp³-hybridized carbons (Fsp3) is 0.483. The third-order valence-corrected chi connectivity index (χ3v) is 8.46. The first-order valence-corrected chi connectivity index (χ1v) is 13.6. The minimum Gasteiger partial charge on any atom is -0.368 e. The zero-order valence-electron chi connectivity index (χ0n) is 21.9. The van der Waals surface area contributed by atoms with E-state index in [4.69, 9.17) is 10.7 Å². The molecule has 1 aromatic carbocycles. The van der Waals surface area contributed by atoms with E-state index in [1.54, 1.807) is 6.20 Å². The first kappa shape index (κ1) is 25.0. The van der Waals surface area contributed by atoms with E-state index in [1.807, 2.05) is 29.3 Å². The van der Waals surface area contributed by atoms with Crippen molar-refractivity contribution in [3.05, 3.63) is 60.0 Å².